The summed E-state index contributed by atoms with van der Waals surface area (Å²) >= 11 is 0. The highest BCUT2D eigenvalue weighted by Crippen LogP contribution is 2.31. The molecule has 0 aliphatic rings. The fraction of sp³-hybridized carbons (Fsp3) is 0.300. The van der Waals surface area contributed by atoms with Gasteiger partial charge in [0.2, 0.25) is 5.88 Å². The molecule has 0 bridgehead atoms. The van der Waals surface area contributed by atoms with E-state index in [1.807, 2.05) is 6.92 Å². The van der Waals surface area contributed by atoms with Crippen LogP contribution in [0.1, 0.15) is 69.9 Å². The number of nitrogens with two attached hydrogens (primary N) is 1. The van der Waals surface area contributed by atoms with Gasteiger partial charge in [0.05, 0.1) is 24.5 Å². The molecule has 44 heavy (non-hydrogen) atoms. The van der Waals surface area contributed by atoms with Crippen molar-refractivity contribution in [2.45, 2.75) is 38.7 Å². The van der Waals surface area contributed by atoms with Gasteiger partial charge in [0, 0.05) is 35.0 Å². The number of hydrogen-bond acceptors (Lipinski definition) is 10. The number of anilines is 1. The number of methoxy groups -OCH3 is 1. The number of aromatic nitrogens is 1. The van der Waals surface area contributed by atoms with Crippen LogP contribution in [0.15, 0.2) is 54.6 Å². The largest absolute Gasteiger partial charge is 0.481 e. The maximum Gasteiger partial charge on any atom is 0.354 e. The molecule has 0 radical (unpaired) electrons. The number of rotatable bonds is 13. The van der Waals surface area contributed by atoms with E-state index in [0.717, 1.165) is 6.07 Å². The molecule has 14 heteroatoms. The highest BCUT2D eigenvalue weighted by Gasteiger charge is 2.27. The van der Waals surface area contributed by atoms with Gasteiger partial charge in [-0.1, -0.05) is 26.3 Å². The normalized spacial score (nSPS) is 12.5. The Bertz CT molecular complexity index is 1680. The number of ether oxygens (including phenoxy) is 1. The molecule has 0 saturated heterocycles. The number of carbonyl (C=O) groups is 3. The van der Waals surface area contributed by atoms with Crippen LogP contribution in [0.4, 0.5) is 5.69 Å². The number of hydrogen-bond donors (Lipinski definition) is 5. The summed E-state index contributed by atoms with van der Waals surface area (Å²) in [5.74, 6) is -2.67. The Morgan fingerprint density at radius 2 is 1.64 bits per heavy atom. The van der Waals surface area contributed by atoms with Crippen LogP contribution in [0.2, 0.25) is 0 Å². The molecule has 2 aromatic carbocycles. The lowest BCUT2D eigenvalue weighted by atomic mass is 9.94. The Kier molecular flexibility index (Phi) is 10.8. The second kappa shape index (κ2) is 14.1. The van der Waals surface area contributed by atoms with Gasteiger partial charge in [-0.05, 0) is 60.9 Å². The zero-order chi connectivity index (χ0) is 32.7. The van der Waals surface area contributed by atoms with Crippen LogP contribution in [-0.2, 0) is 14.3 Å². The summed E-state index contributed by atoms with van der Waals surface area (Å²) in [5.41, 5.74) is 4.83. The highest BCUT2D eigenvalue weighted by atomic mass is 32.2. The van der Waals surface area contributed by atoms with Gasteiger partial charge in [-0.2, -0.15) is 8.42 Å². The van der Waals surface area contributed by atoms with E-state index in [0.29, 0.717) is 36.8 Å². The van der Waals surface area contributed by atoms with Crippen molar-refractivity contribution in [1.82, 2.24) is 10.3 Å². The van der Waals surface area contributed by atoms with Crippen LogP contribution in [0.5, 0.6) is 5.88 Å². The average Bonchev–Trinajstić information content (AvgIpc) is 2.98. The number of pyridine rings is 1. The molecule has 0 fully saturated rings. The molecule has 1 atom stereocenters. The van der Waals surface area contributed by atoms with Gasteiger partial charge in [0.25, 0.3) is 11.8 Å². The summed E-state index contributed by atoms with van der Waals surface area (Å²) in [6.07, 6.45) is 2.27. The van der Waals surface area contributed by atoms with Crippen molar-refractivity contribution in [3.63, 3.8) is 0 Å². The Labute approximate surface area is 255 Å². The SMILES string of the molecule is CCCC(O)(CC)CNC(=O)c1ccc(-c2ccc(OC)nc2C(=O)Nc2ccc(C(=N)N)cc2)c(C(=O)OS(C)(=O)=O)c1. The number of aliphatic hydroxyl groups is 1. The van der Waals surface area contributed by atoms with Crippen molar-refractivity contribution in [3.8, 4) is 17.0 Å². The first-order valence-electron chi connectivity index (χ1n) is 13.6. The van der Waals surface area contributed by atoms with E-state index in [-0.39, 0.29) is 46.2 Å². The van der Waals surface area contributed by atoms with E-state index in [9.17, 15) is 27.9 Å². The van der Waals surface area contributed by atoms with Gasteiger partial charge in [0.15, 0.2) is 0 Å². The minimum Gasteiger partial charge on any atom is -0.481 e. The van der Waals surface area contributed by atoms with Gasteiger partial charge in [-0.25, -0.2) is 9.78 Å². The van der Waals surface area contributed by atoms with Crippen LogP contribution in [-0.4, -0.2) is 67.6 Å². The van der Waals surface area contributed by atoms with Gasteiger partial charge >= 0.3 is 16.1 Å². The van der Waals surface area contributed by atoms with E-state index < -0.39 is 33.5 Å². The fourth-order valence-corrected chi connectivity index (χ4v) is 4.71. The lowest BCUT2D eigenvalue weighted by Gasteiger charge is -2.26. The zero-order valence-electron chi connectivity index (χ0n) is 24.8. The minimum atomic E-state index is -4.25. The highest BCUT2D eigenvalue weighted by molar-refractivity contribution is 7.86. The third-order valence-electron chi connectivity index (χ3n) is 6.72. The van der Waals surface area contributed by atoms with Crippen LogP contribution in [0.3, 0.4) is 0 Å². The first kappa shape index (κ1) is 33.7. The van der Waals surface area contributed by atoms with E-state index in [4.69, 9.17) is 15.9 Å². The minimum absolute atomic E-state index is 0.0119. The van der Waals surface area contributed by atoms with Crippen LogP contribution in [0.25, 0.3) is 11.1 Å². The van der Waals surface area contributed by atoms with Crippen LogP contribution in [0, 0.1) is 5.41 Å². The number of nitrogens with one attached hydrogen (secondary N) is 3. The predicted octanol–water partition coefficient (Wildman–Crippen LogP) is 3.08. The molecule has 1 unspecified atom stereocenters. The quantitative estimate of drug-likeness (QED) is 0.106. The number of amidine groups is 1. The predicted molar refractivity (Wildman–Crippen MR) is 164 cm³/mol. The second-order valence-corrected chi connectivity index (χ2v) is 11.6. The third kappa shape index (κ3) is 8.61. The maximum absolute atomic E-state index is 13.4. The summed E-state index contributed by atoms with van der Waals surface area (Å²) in [6.45, 7) is 3.67. The molecule has 2 amide bonds. The monoisotopic (exact) mass is 625 g/mol. The summed E-state index contributed by atoms with van der Waals surface area (Å²) in [5, 5.41) is 23.6. The molecule has 6 N–H and O–H groups in total. The van der Waals surface area contributed by atoms with Gasteiger partial charge in [-0.15, -0.1) is 0 Å². The fourth-order valence-electron chi connectivity index (χ4n) is 4.34. The summed E-state index contributed by atoms with van der Waals surface area (Å²) in [6, 6.07) is 13.0. The molecule has 1 aromatic heterocycles. The Morgan fingerprint density at radius 3 is 2.20 bits per heavy atom. The first-order valence-corrected chi connectivity index (χ1v) is 15.4. The third-order valence-corrected chi connectivity index (χ3v) is 7.17. The molecule has 0 saturated carbocycles. The van der Waals surface area contributed by atoms with E-state index in [2.05, 4.69) is 19.8 Å². The second-order valence-electron chi connectivity index (χ2n) is 10.0. The average molecular weight is 626 g/mol. The van der Waals surface area contributed by atoms with Crippen molar-refractivity contribution in [2.75, 3.05) is 25.2 Å². The van der Waals surface area contributed by atoms with E-state index >= 15 is 0 Å². The number of amides is 2. The lowest BCUT2D eigenvalue weighted by Crippen LogP contribution is -2.42. The first-order chi connectivity index (χ1) is 20.7. The number of nitrogens with zero attached hydrogens (tertiary/aromatic N) is 1. The molecular weight excluding hydrogens is 590 g/mol. The standard InChI is InChI=1S/C30H35N5O8S/c1-5-15-30(39,6-2)17-33-27(36)19-9-12-21(23(16-19)29(38)43-44(4,40)41)22-13-14-24(42-3)35-25(22)28(37)34-20-10-7-18(8-11-20)26(31)32/h7-14,16,39H,5-6,15,17H2,1-4H3,(H3,31,32)(H,33,36)(H,34,37). The van der Waals surface area contributed by atoms with E-state index in [1.54, 1.807) is 19.1 Å². The van der Waals surface area contributed by atoms with Crippen molar-refractivity contribution >= 4 is 39.4 Å². The van der Waals surface area contributed by atoms with Crippen LogP contribution < -0.4 is 21.1 Å². The molecule has 0 spiro atoms. The maximum atomic E-state index is 13.4. The topological polar surface area (TPSA) is 211 Å². The van der Waals surface area contributed by atoms with Crippen molar-refractivity contribution in [2.24, 2.45) is 5.73 Å². The van der Waals surface area contributed by atoms with Gasteiger partial charge in [-0.3, -0.25) is 15.0 Å². The molecule has 0 aliphatic heterocycles. The summed E-state index contributed by atoms with van der Waals surface area (Å²) in [4.78, 5) is 43.9. The van der Waals surface area contributed by atoms with Crippen molar-refractivity contribution in [3.05, 3.63) is 77.0 Å². The van der Waals surface area contributed by atoms with Crippen LogP contribution >= 0.6 is 0 Å². The number of benzene rings is 2. The molecule has 3 aromatic rings. The Morgan fingerprint density at radius 1 is 1.00 bits per heavy atom. The molecule has 3 rings (SSSR count). The van der Waals surface area contributed by atoms with Gasteiger partial charge in [0.1, 0.15) is 11.5 Å². The molecule has 1 heterocycles. The molecule has 234 valence electrons. The molecule has 0 aliphatic carbocycles. The number of carbonyl (C=O) groups excluding carboxylic acids is 3. The molecule has 13 nitrogen and oxygen atoms in total. The Hall–Kier alpha value is -4.82. The smallest absolute Gasteiger partial charge is 0.354 e. The van der Waals surface area contributed by atoms with Gasteiger partial charge < -0.3 is 30.4 Å². The number of nitrogen functional groups attached to an aromatic ring is 1. The van der Waals surface area contributed by atoms with Crippen molar-refractivity contribution < 1.29 is 36.8 Å². The molecular formula is C30H35N5O8S. The zero-order valence-corrected chi connectivity index (χ0v) is 25.6. The lowest BCUT2D eigenvalue weighted by molar-refractivity contribution is 0.0263. The van der Waals surface area contributed by atoms with Crippen molar-refractivity contribution in [1.29, 1.82) is 5.41 Å². The Balaban J connectivity index is 2.08. The summed E-state index contributed by atoms with van der Waals surface area (Å²) in [7, 11) is -2.90. The summed E-state index contributed by atoms with van der Waals surface area (Å²) < 4.78 is 33.5. The van der Waals surface area contributed by atoms with E-state index in [1.165, 1.54) is 43.5 Å².